The first kappa shape index (κ1) is 15.6. The first-order valence-corrected chi connectivity index (χ1v) is 7.63. The molecular formula is C13H12F3NO3S. The second kappa shape index (κ2) is 5.88. The molecule has 0 saturated carbocycles. The molecule has 0 saturated heterocycles. The molecule has 1 heterocycles. The number of hydrogen-bond acceptors (Lipinski definition) is 3. The van der Waals surface area contributed by atoms with Crippen LogP contribution in [0.4, 0.5) is 13.2 Å². The Morgan fingerprint density at radius 1 is 1.24 bits per heavy atom. The van der Waals surface area contributed by atoms with Crippen molar-refractivity contribution in [2.45, 2.75) is 17.1 Å². The van der Waals surface area contributed by atoms with Gasteiger partial charge in [0, 0.05) is 6.54 Å². The van der Waals surface area contributed by atoms with Crippen molar-refractivity contribution in [2.24, 2.45) is 0 Å². The second-order valence-electron chi connectivity index (χ2n) is 4.47. The van der Waals surface area contributed by atoms with Gasteiger partial charge in [0.25, 0.3) is 5.91 Å². The van der Waals surface area contributed by atoms with Crippen LogP contribution in [0, 0.1) is 0 Å². The van der Waals surface area contributed by atoms with E-state index in [9.17, 15) is 26.4 Å². The van der Waals surface area contributed by atoms with Crippen molar-refractivity contribution in [1.29, 1.82) is 0 Å². The molecule has 4 nitrogen and oxygen atoms in total. The normalized spacial score (nSPS) is 16.0. The molecule has 0 atom stereocenters. The molecule has 0 spiro atoms. The van der Waals surface area contributed by atoms with Gasteiger partial charge in [-0.05, 0) is 24.6 Å². The van der Waals surface area contributed by atoms with Crippen molar-refractivity contribution in [3.8, 4) is 0 Å². The zero-order valence-electron chi connectivity index (χ0n) is 10.8. The number of benzene rings is 1. The van der Waals surface area contributed by atoms with Gasteiger partial charge < -0.3 is 4.90 Å². The molecule has 0 aromatic heterocycles. The lowest BCUT2D eigenvalue weighted by molar-refractivity contribution is 0.0751. The van der Waals surface area contributed by atoms with Gasteiger partial charge in [-0.15, -0.1) is 0 Å². The summed E-state index contributed by atoms with van der Waals surface area (Å²) < 4.78 is 61.7. The first-order chi connectivity index (χ1) is 9.84. The van der Waals surface area contributed by atoms with Crippen molar-refractivity contribution in [1.82, 2.24) is 4.90 Å². The number of nitrogens with zero attached hydrogens (tertiary/aromatic N) is 1. The maximum absolute atomic E-state index is 13.2. The predicted octanol–water partition coefficient (Wildman–Crippen LogP) is 2.38. The lowest BCUT2D eigenvalue weighted by atomic mass is 10.1. The summed E-state index contributed by atoms with van der Waals surface area (Å²) in [4.78, 5) is 12.6. The summed E-state index contributed by atoms with van der Waals surface area (Å²) in [6.07, 6.45) is 1.62. The molecule has 1 aliphatic rings. The molecule has 114 valence electrons. The Balaban J connectivity index is 2.41. The van der Waals surface area contributed by atoms with Crippen molar-refractivity contribution in [3.63, 3.8) is 0 Å². The number of alkyl halides is 2. The number of hydrogen-bond donors (Lipinski definition) is 0. The predicted molar refractivity (Wildman–Crippen MR) is 69.3 cm³/mol. The Hall–Kier alpha value is -1.83. The highest BCUT2D eigenvalue weighted by Crippen LogP contribution is 2.24. The van der Waals surface area contributed by atoms with Crippen LogP contribution >= 0.6 is 0 Å². The first-order valence-electron chi connectivity index (χ1n) is 6.09. The molecule has 2 rings (SSSR count). The quantitative estimate of drug-likeness (QED) is 0.859. The van der Waals surface area contributed by atoms with Gasteiger partial charge in [-0.1, -0.05) is 12.1 Å². The third-order valence-electron chi connectivity index (χ3n) is 3.05. The van der Waals surface area contributed by atoms with Gasteiger partial charge in [-0.3, -0.25) is 4.79 Å². The van der Waals surface area contributed by atoms with Crippen molar-refractivity contribution < 1.29 is 26.4 Å². The van der Waals surface area contributed by atoms with E-state index < -0.39 is 32.2 Å². The highest BCUT2D eigenvalue weighted by atomic mass is 32.2. The molecule has 0 aliphatic carbocycles. The second-order valence-corrected chi connectivity index (χ2v) is 6.35. The molecule has 21 heavy (non-hydrogen) atoms. The van der Waals surface area contributed by atoms with E-state index in [0.717, 1.165) is 17.0 Å². The number of carbonyl (C=O) groups is 1. The Morgan fingerprint density at radius 2 is 1.90 bits per heavy atom. The van der Waals surface area contributed by atoms with Crippen LogP contribution in [0.15, 0.2) is 41.1 Å². The van der Waals surface area contributed by atoms with Crippen LogP contribution in [0.3, 0.4) is 0 Å². The van der Waals surface area contributed by atoms with Gasteiger partial charge in [-0.25, -0.2) is 12.8 Å². The molecule has 1 aromatic carbocycles. The third-order valence-corrected chi connectivity index (χ3v) is 4.49. The Morgan fingerprint density at radius 3 is 2.52 bits per heavy atom. The number of halogens is 3. The fourth-order valence-corrected chi connectivity index (χ4v) is 2.96. The van der Waals surface area contributed by atoms with Gasteiger partial charge in [-0.2, -0.15) is 8.78 Å². The molecule has 0 fully saturated rings. The summed E-state index contributed by atoms with van der Waals surface area (Å²) in [5.41, 5.74) is -0.368. The summed E-state index contributed by atoms with van der Waals surface area (Å²) in [6, 6.07) is 4.72. The maximum atomic E-state index is 13.2. The fraction of sp³-hybridized carbons (Fsp3) is 0.308. The Labute approximate surface area is 119 Å². The van der Waals surface area contributed by atoms with Gasteiger partial charge >= 0.3 is 5.76 Å². The van der Waals surface area contributed by atoms with Gasteiger partial charge in [0.15, 0.2) is 0 Å². The number of rotatable bonds is 3. The molecule has 8 heteroatoms. The van der Waals surface area contributed by atoms with Gasteiger partial charge in [0.2, 0.25) is 9.84 Å². The fourth-order valence-electron chi connectivity index (χ4n) is 2.03. The average molecular weight is 319 g/mol. The highest BCUT2D eigenvalue weighted by Gasteiger charge is 2.32. The van der Waals surface area contributed by atoms with Crippen molar-refractivity contribution in [3.05, 3.63) is 41.7 Å². The van der Waals surface area contributed by atoms with E-state index in [2.05, 4.69) is 0 Å². The van der Waals surface area contributed by atoms with E-state index in [1.54, 1.807) is 0 Å². The molecule has 0 bridgehead atoms. The van der Waals surface area contributed by atoms with Crippen molar-refractivity contribution in [2.75, 3.05) is 13.1 Å². The van der Waals surface area contributed by atoms with Crippen LogP contribution in [-0.4, -0.2) is 38.1 Å². The SMILES string of the molecule is O=C(c1ccccc1S(=O)(=O)C(F)F)N1CCC=C(F)C1. The summed E-state index contributed by atoms with van der Waals surface area (Å²) in [7, 11) is -4.89. The smallest absolute Gasteiger partial charge is 0.332 e. The molecular weight excluding hydrogens is 307 g/mol. The molecule has 1 amide bonds. The Kier molecular flexibility index (Phi) is 4.36. The summed E-state index contributed by atoms with van der Waals surface area (Å²) in [5.74, 6) is -4.91. The zero-order valence-corrected chi connectivity index (χ0v) is 11.6. The molecule has 1 aliphatic heterocycles. The molecule has 0 unspecified atom stereocenters. The monoisotopic (exact) mass is 319 g/mol. The molecule has 0 N–H and O–H groups in total. The molecule has 0 radical (unpaired) electrons. The van der Waals surface area contributed by atoms with E-state index >= 15 is 0 Å². The van der Waals surface area contributed by atoms with Crippen molar-refractivity contribution >= 4 is 15.7 Å². The standard InChI is InChI=1S/C13H12F3NO3S/c14-9-4-3-7-17(8-9)12(18)10-5-1-2-6-11(10)21(19,20)13(15)16/h1-2,4-6,13H,3,7-8H2. The van der Waals surface area contributed by atoms with Crippen LogP contribution in [0.5, 0.6) is 0 Å². The van der Waals surface area contributed by atoms with E-state index in [1.165, 1.54) is 18.2 Å². The molecule has 1 aromatic rings. The van der Waals surface area contributed by atoms with E-state index in [0.29, 0.717) is 6.42 Å². The Bertz CT molecular complexity index is 686. The van der Waals surface area contributed by atoms with Crippen LogP contribution in [0.1, 0.15) is 16.8 Å². The summed E-state index contributed by atoms with van der Waals surface area (Å²) >= 11 is 0. The maximum Gasteiger partial charge on any atom is 0.341 e. The minimum absolute atomic E-state index is 0.204. The summed E-state index contributed by atoms with van der Waals surface area (Å²) in [5, 5.41) is 0. The number of carbonyl (C=O) groups excluding carboxylic acids is 1. The zero-order chi connectivity index (χ0) is 15.6. The third kappa shape index (κ3) is 3.10. The van der Waals surface area contributed by atoms with E-state index in [1.807, 2.05) is 0 Å². The average Bonchev–Trinajstić information content (AvgIpc) is 2.46. The van der Waals surface area contributed by atoms with E-state index in [-0.39, 0.29) is 18.7 Å². The highest BCUT2D eigenvalue weighted by molar-refractivity contribution is 7.91. The van der Waals surface area contributed by atoms with E-state index in [4.69, 9.17) is 0 Å². The number of amides is 1. The van der Waals surface area contributed by atoms with Crippen LogP contribution in [-0.2, 0) is 9.84 Å². The lowest BCUT2D eigenvalue weighted by Gasteiger charge is -2.25. The minimum atomic E-state index is -4.89. The topological polar surface area (TPSA) is 54.5 Å². The minimum Gasteiger partial charge on any atom is -0.332 e. The number of sulfone groups is 1. The van der Waals surface area contributed by atoms with Crippen LogP contribution in [0.25, 0.3) is 0 Å². The van der Waals surface area contributed by atoms with Crippen LogP contribution in [0.2, 0.25) is 0 Å². The van der Waals surface area contributed by atoms with Gasteiger partial charge in [0.1, 0.15) is 5.83 Å². The summed E-state index contributed by atoms with van der Waals surface area (Å²) in [6.45, 7) is -0.0861. The van der Waals surface area contributed by atoms with Gasteiger partial charge in [0.05, 0.1) is 17.0 Å². The largest absolute Gasteiger partial charge is 0.341 e. The lowest BCUT2D eigenvalue weighted by Crippen LogP contribution is -2.36. The van der Waals surface area contributed by atoms with Crippen LogP contribution < -0.4 is 0 Å².